The fourth-order valence-electron chi connectivity index (χ4n) is 8.17. The van der Waals surface area contributed by atoms with Crippen molar-refractivity contribution in [2.75, 3.05) is 0 Å². The van der Waals surface area contributed by atoms with Crippen molar-refractivity contribution in [2.24, 2.45) is 46.7 Å². The van der Waals surface area contributed by atoms with Crippen LogP contribution >= 0.6 is 0 Å². The van der Waals surface area contributed by atoms with Crippen LogP contribution in [0, 0.1) is 40.9 Å². The molecule has 10 nitrogen and oxygen atoms in total. The van der Waals surface area contributed by atoms with E-state index in [2.05, 4.69) is 24.5 Å². The molecule has 0 aliphatic heterocycles. The number of carbonyl (C=O) groups is 5. The summed E-state index contributed by atoms with van der Waals surface area (Å²) in [6.45, 7) is 14.9. The Balaban J connectivity index is 1.64. The number of Topliss-reactive ketones (excluding diaryl/α,β-unsaturated/α-hetero) is 1. The summed E-state index contributed by atoms with van der Waals surface area (Å²) in [7, 11) is 0. The highest BCUT2D eigenvalue weighted by molar-refractivity contribution is 5.93. The predicted octanol–water partition coefficient (Wildman–Crippen LogP) is 4.28. The van der Waals surface area contributed by atoms with Gasteiger partial charge in [0, 0.05) is 5.92 Å². The number of nitrogens with two attached hydrogens (primary N) is 1. The Bertz CT molecular complexity index is 1040. The van der Waals surface area contributed by atoms with E-state index in [4.69, 9.17) is 15.2 Å². The van der Waals surface area contributed by atoms with Gasteiger partial charge in [-0.05, 0) is 108 Å². The Morgan fingerprint density at radius 1 is 0.976 bits per heavy atom. The van der Waals surface area contributed by atoms with Gasteiger partial charge in [-0.15, -0.1) is 0 Å². The zero-order chi connectivity index (χ0) is 31.6. The maximum atomic E-state index is 13.4. The Labute approximate surface area is 251 Å². The molecule has 10 heteroatoms. The number of fused-ring (bicyclic) bond motifs is 1. The molecular formula is C32H53N3O7. The summed E-state index contributed by atoms with van der Waals surface area (Å²) < 4.78 is 11.2. The summed E-state index contributed by atoms with van der Waals surface area (Å²) in [6, 6.07) is -2.25. The topological polar surface area (TPSA) is 154 Å². The Hall–Kier alpha value is -2.65. The van der Waals surface area contributed by atoms with Gasteiger partial charge in [-0.25, -0.2) is 9.59 Å². The largest absolute Gasteiger partial charge is 0.461 e. The molecule has 0 radical (unpaired) electrons. The number of esters is 1. The van der Waals surface area contributed by atoms with Crippen molar-refractivity contribution < 1.29 is 33.4 Å². The van der Waals surface area contributed by atoms with Crippen LogP contribution in [-0.2, 0) is 28.7 Å². The van der Waals surface area contributed by atoms with Gasteiger partial charge < -0.3 is 25.8 Å². The second-order valence-corrected chi connectivity index (χ2v) is 14.5. The zero-order valence-corrected chi connectivity index (χ0v) is 26.8. The minimum Gasteiger partial charge on any atom is -0.461 e. The highest BCUT2D eigenvalue weighted by atomic mass is 16.6. The van der Waals surface area contributed by atoms with Crippen LogP contribution < -0.4 is 16.4 Å². The molecule has 3 aliphatic carbocycles. The van der Waals surface area contributed by atoms with E-state index in [0.29, 0.717) is 29.5 Å². The first kappa shape index (κ1) is 33.8. The van der Waals surface area contributed by atoms with E-state index in [1.165, 1.54) is 0 Å². The molecule has 3 rings (SSSR count). The van der Waals surface area contributed by atoms with Gasteiger partial charge in [0.25, 0.3) is 0 Å². The summed E-state index contributed by atoms with van der Waals surface area (Å²) in [5.41, 5.74) is 4.54. The number of carbonyl (C=O) groups excluding carboxylic acids is 5. The van der Waals surface area contributed by atoms with Gasteiger partial charge >= 0.3 is 12.1 Å². The number of ether oxygens (including phenoxy) is 2. The minimum atomic E-state index is -1.30. The normalized spacial score (nSPS) is 32.1. The van der Waals surface area contributed by atoms with E-state index in [1.807, 2.05) is 0 Å². The smallest absolute Gasteiger partial charge is 0.408 e. The molecule has 9 atom stereocenters. The molecule has 4 N–H and O–H groups in total. The Morgan fingerprint density at radius 2 is 1.64 bits per heavy atom. The maximum Gasteiger partial charge on any atom is 0.408 e. The predicted molar refractivity (Wildman–Crippen MR) is 158 cm³/mol. The molecule has 1 unspecified atom stereocenters. The Kier molecular flexibility index (Phi) is 10.7. The molecule has 3 saturated carbocycles. The van der Waals surface area contributed by atoms with E-state index in [-0.39, 0.29) is 23.4 Å². The van der Waals surface area contributed by atoms with E-state index in [1.54, 1.807) is 41.5 Å². The zero-order valence-electron chi connectivity index (χ0n) is 26.8. The van der Waals surface area contributed by atoms with Gasteiger partial charge in [-0.3, -0.25) is 14.4 Å². The monoisotopic (exact) mass is 591 g/mol. The third-order valence-corrected chi connectivity index (χ3v) is 10.2. The first-order valence-corrected chi connectivity index (χ1v) is 15.8. The van der Waals surface area contributed by atoms with Crippen molar-refractivity contribution in [3.8, 4) is 0 Å². The first-order valence-electron chi connectivity index (χ1n) is 15.8. The van der Waals surface area contributed by atoms with Crippen LogP contribution in [0.3, 0.4) is 0 Å². The van der Waals surface area contributed by atoms with E-state index in [9.17, 15) is 24.0 Å². The third-order valence-electron chi connectivity index (χ3n) is 10.2. The fourth-order valence-corrected chi connectivity index (χ4v) is 8.17. The van der Waals surface area contributed by atoms with E-state index < -0.39 is 48.0 Å². The number of alkyl carbamates (subject to hydrolysis) is 1. The van der Waals surface area contributed by atoms with Crippen LogP contribution in [0.5, 0.6) is 0 Å². The molecule has 3 aliphatic rings. The van der Waals surface area contributed by atoms with Crippen LogP contribution in [0.25, 0.3) is 0 Å². The van der Waals surface area contributed by atoms with Crippen molar-refractivity contribution >= 4 is 29.7 Å². The van der Waals surface area contributed by atoms with Crippen molar-refractivity contribution in [2.45, 2.75) is 131 Å². The third kappa shape index (κ3) is 7.84. The van der Waals surface area contributed by atoms with Crippen LogP contribution in [0.15, 0.2) is 0 Å². The van der Waals surface area contributed by atoms with Crippen molar-refractivity contribution in [1.29, 1.82) is 0 Å². The second kappa shape index (κ2) is 13.3. The standard InChI is InChI=1S/C32H53N3O7/c1-9-32(8)23(18(4)36)12-13-24(32)21-11-10-19-14-20(15-22(19)21)41-29(39)27(17(2)3)35-28(38)25(16-26(33)37)34-30(40)42-31(5,6)7/h17,19-25,27H,9-16H2,1-8H3,(H2,33,37)(H,34,40)(H,35,38)/t19-,20-,21+,22?,23+,24-,25-,27-,32+/m0/s1. The molecule has 238 valence electrons. The lowest BCUT2D eigenvalue weighted by Crippen LogP contribution is -2.55. The number of ketones is 1. The lowest BCUT2D eigenvalue weighted by Gasteiger charge is -2.40. The van der Waals surface area contributed by atoms with Crippen LogP contribution in [0.2, 0.25) is 0 Å². The van der Waals surface area contributed by atoms with Gasteiger partial charge in [-0.2, -0.15) is 0 Å². The lowest BCUT2D eigenvalue weighted by atomic mass is 9.64. The molecule has 0 saturated heterocycles. The highest BCUT2D eigenvalue weighted by Crippen LogP contribution is 2.61. The number of nitrogens with one attached hydrogen (secondary N) is 2. The van der Waals surface area contributed by atoms with Crippen molar-refractivity contribution in [3.05, 3.63) is 0 Å². The van der Waals surface area contributed by atoms with Crippen LogP contribution in [0.4, 0.5) is 4.79 Å². The second-order valence-electron chi connectivity index (χ2n) is 14.5. The van der Waals surface area contributed by atoms with Gasteiger partial charge in [0.2, 0.25) is 11.8 Å². The molecule has 0 spiro atoms. The number of rotatable bonds is 11. The summed E-state index contributed by atoms with van der Waals surface area (Å²) >= 11 is 0. The van der Waals surface area contributed by atoms with E-state index in [0.717, 1.165) is 44.9 Å². The molecule has 3 fully saturated rings. The average molecular weight is 592 g/mol. The van der Waals surface area contributed by atoms with Crippen molar-refractivity contribution in [3.63, 3.8) is 0 Å². The number of primary amides is 1. The Morgan fingerprint density at radius 3 is 2.19 bits per heavy atom. The summed E-state index contributed by atoms with van der Waals surface area (Å²) in [6.07, 6.45) is 5.38. The van der Waals surface area contributed by atoms with Gasteiger partial charge in [0.05, 0.1) is 6.42 Å². The number of hydrogen-bond acceptors (Lipinski definition) is 7. The van der Waals surface area contributed by atoms with Gasteiger partial charge in [-0.1, -0.05) is 27.7 Å². The molecular weight excluding hydrogens is 538 g/mol. The molecule has 0 bridgehead atoms. The quantitative estimate of drug-likeness (QED) is 0.303. The lowest BCUT2D eigenvalue weighted by molar-refractivity contribution is -0.154. The van der Waals surface area contributed by atoms with Crippen LogP contribution in [-0.4, -0.2) is 53.4 Å². The number of amides is 3. The molecule has 0 aromatic carbocycles. The van der Waals surface area contributed by atoms with Gasteiger partial charge in [0.1, 0.15) is 29.6 Å². The highest BCUT2D eigenvalue weighted by Gasteiger charge is 2.55. The SMILES string of the molecule is CC[C@]1(C)[C@@H](C(C)=O)CC[C@H]1[C@@H]1CC[C@H]2C[C@H](OC(=O)[C@@H](NC(=O)[C@H](CC(N)=O)NC(=O)OC(C)(C)C)C(C)C)CC21. The summed E-state index contributed by atoms with van der Waals surface area (Å²) in [4.78, 5) is 62.9. The summed E-state index contributed by atoms with van der Waals surface area (Å²) in [5, 5.41) is 5.07. The molecule has 0 aromatic rings. The van der Waals surface area contributed by atoms with Gasteiger partial charge in [0.15, 0.2) is 0 Å². The molecule has 0 aromatic heterocycles. The summed E-state index contributed by atoms with van der Waals surface area (Å²) in [5.74, 6) is 0.117. The molecule has 0 heterocycles. The first-order chi connectivity index (χ1) is 19.5. The van der Waals surface area contributed by atoms with Crippen LogP contribution in [0.1, 0.15) is 107 Å². The fraction of sp³-hybridized carbons (Fsp3) is 0.844. The van der Waals surface area contributed by atoms with Crippen molar-refractivity contribution in [1.82, 2.24) is 10.6 Å². The minimum absolute atomic E-state index is 0.0158. The van der Waals surface area contributed by atoms with E-state index >= 15 is 0 Å². The average Bonchev–Trinajstić information content (AvgIpc) is 3.52. The molecule has 42 heavy (non-hydrogen) atoms. The molecule has 3 amide bonds. The number of hydrogen-bond donors (Lipinski definition) is 3. The maximum absolute atomic E-state index is 13.4.